The number of anilines is 2. The summed E-state index contributed by atoms with van der Waals surface area (Å²) in [4.78, 5) is 0.319. The monoisotopic (exact) mass is 333 g/mol. The maximum atomic E-state index is 12.5. The zero-order chi connectivity index (χ0) is 15.6. The molecule has 20 heavy (non-hydrogen) atoms. The average Bonchev–Trinajstić information content (AvgIpc) is 2.69. The van der Waals surface area contributed by atoms with Crippen molar-refractivity contribution in [3.63, 3.8) is 0 Å². The van der Waals surface area contributed by atoms with Crippen LogP contribution in [0.2, 0.25) is 0 Å². The van der Waals surface area contributed by atoms with Gasteiger partial charge < -0.3 is 15.7 Å². The fraction of sp³-hybridized carbons (Fsp3) is 0.667. The lowest BCUT2D eigenvalue weighted by Crippen LogP contribution is -2.36. The van der Waals surface area contributed by atoms with Crippen LogP contribution in [0.4, 0.5) is 24.0 Å². The van der Waals surface area contributed by atoms with Gasteiger partial charge in [-0.1, -0.05) is 6.92 Å². The lowest BCUT2D eigenvalue weighted by atomic mass is 10.4. The molecule has 11 heteroatoms. The first-order valence-electron chi connectivity index (χ1n) is 5.53. The van der Waals surface area contributed by atoms with E-state index in [9.17, 15) is 21.6 Å². The normalized spacial score (nSPS) is 12.7. The highest BCUT2D eigenvalue weighted by atomic mass is 32.2. The zero-order valence-electron chi connectivity index (χ0n) is 10.5. The molecule has 116 valence electrons. The van der Waals surface area contributed by atoms with E-state index in [0.29, 0.717) is 11.5 Å². The van der Waals surface area contributed by atoms with E-state index in [0.717, 1.165) is 4.90 Å². The standard InChI is InChI=1S/C9H14F3N3O3S2/c1-2-20(17,18)6-7(13)14-19-8(6)15(3-4-16)5-9(10,11)12/h16H,2-5H2,1H3,(H2,13,14). The quantitative estimate of drug-likeness (QED) is 0.802. The number of rotatable bonds is 6. The number of hydrogen-bond acceptors (Lipinski definition) is 7. The van der Waals surface area contributed by atoms with Crippen LogP contribution in [0.15, 0.2) is 4.90 Å². The Kier molecular flexibility index (Phi) is 5.21. The molecule has 0 amide bonds. The number of sulfone groups is 1. The van der Waals surface area contributed by atoms with Crippen LogP contribution in [0.1, 0.15) is 6.92 Å². The van der Waals surface area contributed by atoms with E-state index in [1.54, 1.807) is 0 Å². The first kappa shape index (κ1) is 17.0. The lowest BCUT2D eigenvalue weighted by Gasteiger charge is -2.24. The summed E-state index contributed by atoms with van der Waals surface area (Å²) in [5, 5.41) is 8.65. The Morgan fingerprint density at radius 1 is 1.45 bits per heavy atom. The smallest absolute Gasteiger partial charge is 0.395 e. The molecule has 0 saturated heterocycles. The van der Waals surface area contributed by atoms with E-state index in [-0.39, 0.29) is 23.1 Å². The molecule has 3 N–H and O–H groups in total. The Labute approximate surface area is 118 Å². The molecule has 6 nitrogen and oxygen atoms in total. The van der Waals surface area contributed by atoms with Crippen molar-refractivity contribution in [2.24, 2.45) is 0 Å². The van der Waals surface area contributed by atoms with Crippen molar-refractivity contribution in [3.05, 3.63) is 0 Å². The third kappa shape index (κ3) is 3.96. The summed E-state index contributed by atoms with van der Waals surface area (Å²) in [5.41, 5.74) is 5.45. The van der Waals surface area contributed by atoms with Crippen LogP contribution >= 0.6 is 11.5 Å². The van der Waals surface area contributed by atoms with Crippen LogP contribution in [-0.4, -0.2) is 49.5 Å². The van der Waals surface area contributed by atoms with Crippen molar-refractivity contribution in [1.82, 2.24) is 4.37 Å². The van der Waals surface area contributed by atoms with Gasteiger partial charge in [-0.25, -0.2) is 8.42 Å². The molecule has 0 saturated carbocycles. The number of nitrogens with two attached hydrogens (primary N) is 1. The van der Waals surface area contributed by atoms with Gasteiger partial charge in [0.15, 0.2) is 15.7 Å². The van der Waals surface area contributed by atoms with Gasteiger partial charge in [-0.3, -0.25) is 0 Å². The van der Waals surface area contributed by atoms with Gasteiger partial charge in [0.1, 0.15) is 16.4 Å². The zero-order valence-corrected chi connectivity index (χ0v) is 12.1. The number of halogens is 3. The molecule has 0 aliphatic carbocycles. The molecule has 0 aliphatic rings. The van der Waals surface area contributed by atoms with Gasteiger partial charge in [-0.15, -0.1) is 0 Å². The van der Waals surface area contributed by atoms with Gasteiger partial charge in [0, 0.05) is 6.54 Å². The largest absolute Gasteiger partial charge is 0.405 e. The highest BCUT2D eigenvalue weighted by molar-refractivity contribution is 7.91. The molecule has 0 fully saturated rings. The molecule has 0 atom stereocenters. The van der Waals surface area contributed by atoms with E-state index in [1.165, 1.54) is 6.92 Å². The highest BCUT2D eigenvalue weighted by Crippen LogP contribution is 2.36. The Balaban J connectivity index is 3.29. The van der Waals surface area contributed by atoms with Crippen LogP contribution in [0.5, 0.6) is 0 Å². The fourth-order valence-corrected chi connectivity index (χ4v) is 3.85. The number of hydrogen-bond donors (Lipinski definition) is 2. The minimum Gasteiger partial charge on any atom is -0.395 e. The molecule has 0 aromatic carbocycles. The van der Waals surface area contributed by atoms with Crippen molar-refractivity contribution in [2.75, 3.05) is 36.1 Å². The number of aliphatic hydroxyl groups is 1. The van der Waals surface area contributed by atoms with Crippen molar-refractivity contribution in [3.8, 4) is 0 Å². The molecule has 1 rings (SSSR count). The Hall–Kier alpha value is -1.07. The minimum atomic E-state index is -4.54. The van der Waals surface area contributed by atoms with E-state index in [1.807, 2.05) is 0 Å². The van der Waals surface area contributed by atoms with Crippen molar-refractivity contribution >= 4 is 32.2 Å². The molecule has 0 aliphatic heterocycles. The van der Waals surface area contributed by atoms with Gasteiger partial charge in [0.2, 0.25) is 0 Å². The van der Waals surface area contributed by atoms with Crippen LogP contribution in [0.25, 0.3) is 0 Å². The average molecular weight is 333 g/mol. The Morgan fingerprint density at radius 2 is 2.05 bits per heavy atom. The van der Waals surface area contributed by atoms with E-state index in [4.69, 9.17) is 10.8 Å². The van der Waals surface area contributed by atoms with Gasteiger partial charge >= 0.3 is 6.18 Å². The second-order valence-electron chi connectivity index (χ2n) is 3.87. The number of aromatic nitrogens is 1. The summed E-state index contributed by atoms with van der Waals surface area (Å²) in [6.45, 7) is -0.954. The molecule has 1 aromatic rings. The predicted octanol–water partition coefficient (Wildman–Crippen LogP) is 0.880. The summed E-state index contributed by atoms with van der Waals surface area (Å²) in [6.07, 6.45) is -4.54. The lowest BCUT2D eigenvalue weighted by molar-refractivity contribution is -0.119. The maximum absolute atomic E-state index is 12.5. The summed E-state index contributed by atoms with van der Waals surface area (Å²) in [5.74, 6) is -0.626. The van der Waals surface area contributed by atoms with Crippen LogP contribution in [-0.2, 0) is 9.84 Å². The maximum Gasteiger partial charge on any atom is 0.405 e. The molecule has 0 radical (unpaired) electrons. The molecule has 1 aromatic heterocycles. The van der Waals surface area contributed by atoms with Crippen LogP contribution < -0.4 is 10.6 Å². The summed E-state index contributed by atoms with van der Waals surface area (Å²) in [6, 6.07) is 0. The number of alkyl halides is 3. The second kappa shape index (κ2) is 6.14. The number of aliphatic hydroxyl groups excluding tert-OH is 1. The highest BCUT2D eigenvalue weighted by Gasteiger charge is 2.35. The molecular formula is C9H14F3N3O3S2. The molecule has 0 bridgehead atoms. The molecule has 0 unspecified atom stereocenters. The minimum absolute atomic E-state index is 0.198. The van der Waals surface area contributed by atoms with E-state index < -0.39 is 34.1 Å². The first-order valence-corrected chi connectivity index (χ1v) is 7.95. The van der Waals surface area contributed by atoms with Crippen molar-refractivity contribution in [1.29, 1.82) is 0 Å². The van der Waals surface area contributed by atoms with E-state index in [2.05, 4.69) is 4.37 Å². The summed E-state index contributed by atoms with van der Waals surface area (Å²) < 4.78 is 64.9. The second-order valence-corrected chi connectivity index (χ2v) is 6.83. The van der Waals surface area contributed by atoms with Crippen LogP contribution in [0, 0.1) is 0 Å². The molecular weight excluding hydrogens is 319 g/mol. The number of nitrogen functional groups attached to an aromatic ring is 1. The fourth-order valence-electron chi connectivity index (χ4n) is 1.51. The number of nitrogens with zero attached hydrogens (tertiary/aromatic N) is 2. The Morgan fingerprint density at radius 3 is 2.50 bits per heavy atom. The topological polar surface area (TPSA) is 96.5 Å². The van der Waals surface area contributed by atoms with Gasteiger partial charge in [0.25, 0.3) is 0 Å². The van der Waals surface area contributed by atoms with Gasteiger partial charge in [0.05, 0.1) is 12.4 Å². The first-order chi connectivity index (χ1) is 9.12. The summed E-state index contributed by atoms with van der Waals surface area (Å²) >= 11 is 0.568. The Bertz CT molecular complexity index is 557. The molecule has 0 spiro atoms. The molecule has 1 heterocycles. The predicted molar refractivity (Wildman–Crippen MR) is 69.6 cm³/mol. The van der Waals surface area contributed by atoms with Crippen molar-refractivity contribution < 1.29 is 26.7 Å². The third-order valence-corrected chi connectivity index (χ3v) is 5.21. The third-order valence-electron chi connectivity index (χ3n) is 2.38. The van der Waals surface area contributed by atoms with Crippen molar-refractivity contribution in [2.45, 2.75) is 18.0 Å². The van der Waals surface area contributed by atoms with Crippen LogP contribution in [0.3, 0.4) is 0 Å². The van der Waals surface area contributed by atoms with E-state index >= 15 is 0 Å². The SMILES string of the molecule is CCS(=O)(=O)c1c(N)nsc1N(CCO)CC(F)(F)F. The van der Waals surface area contributed by atoms with Gasteiger partial charge in [-0.05, 0) is 11.5 Å². The summed E-state index contributed by atoms with van der Waals surface area (Å²) in [7, 11) is -3.80. The van der Waals surface area contributed by atoms with Gasteiger partial charge in [-0.2, -0.15) is 17.5 Å².